The van der Waals surface area contributed by atoms with Gasteiger partial charge in [-0.1, -0.05) is 39.3 Å². The van der Waals surface area contributed by atoms with Gasteiger partial charge in [-0.05, 0) is 87.4 Å². The van der Waals surface area contributed by atoms with Crippen LogP contribution in [-0.4, -0.2) is 123 Å². The Balaban J connectivity index is 1.05. The highest BCUT2D eigenvalue weighted by Gasteiger charge is 2.69. The lowest BCUT2D eigenvalue weighted by Gasteiger charge is -2.60. The van der Waals surface area contributed by atoms with E-state index in [2.05, 4.69) is 33.8 Å². The molecule has 7 fully saturated rings. The average Bonchev–Trinajstić information content (AvgIpc) is 3.54. The Bertz CT molecular complexity index is 1320. The lowest BCUT2D eigenvalue weighted by molar-refractivity contribution is -0.371. The molecule has 6 N–H and O–H groups in total. The van der Waals surface area contributed by atoms with Gasteiger partial charge in [-0.15, -0.1) is 0 Å². The van der Waals surface area contributed by atoms with Gasteiger partial charge in [0.05, 0.1) is 37.1 Å². The molecule has 22 atom stereocenters. The fourth-order valence-corrected chi connectivity index (χ4v) is 12.6. The van der Waals surface area contributed by atoms with Crippen LogP contribution in [0.4, 0.5) is 0 Å². The predicted molar refractivity (Wildman–Crippen MR) is 182 cm³/mol. The van der Waals surface area contributed by atoms with Crippen LogP contribution in [0.1, 0.15) is 92.9 Å². The van der Waals surface area contributed by atoms with Crippen molar-refractivity contribution < 1.29 is 59.1 Å². The van der Waals surface area contributed by atoms with E-state index in [4.69, 9.17) is 28.4 Å². The molecule has 290 valence electrons. The normalized spacial score (nSPS) is 59.8. The second-order valence-electron chi connectivity index (χ2n) is 18.3. The van der Waals surface area contributed by atoms with Crippen LogP contribution in [0, 0.1) is 46.3 Å². The van der Waals surface area contributed by atoms with Crippen LogP contribution in [0.15, 0.2) is 11.6 Å². The van der Waals surface area contributed by atoms with Crippen LogP contribution in [0.5, 0.6) is 0 Å². The summed E-state index contributed by atoms with van der Waals surface area (Å²) in [4.78, 5) is 0. The molecule has 0 amide bonds. The minimum atomic E-state index is -1.61. The fourth-order valence-electron chi connectivity index (χ4n) is 12.6. The molecule has 0 radical (unpaired) electrons. The highest BCUT2D eigenvalue weighted by atomic mass is 16.8. The number of allylic oxidation sites excluding steroid dienone is 1. The van der Waals surface area contributed by atoms with Crippen LogP contribution in [0.25, 0.3) is 0 Å². The molecule has 0 aromatic carbocycles. The van der Waals surface area contributed by atoms with Crippen molar-refractivity contribution in [2.75, 3.05) is 6.61 Å². The second kappa shape index (κ2) is 13.2. The second-order valence-corrected chi connectivity index (χ2v) is 18.3. The zero-order valence-corrected chi connectivity index (χ0v) is 31.0. The van der Waals surface area contributed by atoms with Crippen LogP contribution >= 0.6 is 0 Å². The van der Waals surface area contributed by atoms with E-state index in [0.717, 1.165) is 45.1 Å². The number of ether oxygens (including phenoxy) is 6. The van der Waals surface area contributed by atoms with E-state index >= 15 is 0 Å². The maximum atomic E-state index is 11.3. The SMILES string of the molecule is C[C@@H]1CC[C@@]2(OC1)O[C@H]1C[C@H]3[C@@H]4CC=C5C[C@H](O)C[C@@H](O[C@@H]6O[C@H](C)[C@H](O)[C@H](O)[C@H]6O[C@@H]6O[C@@H](C)[C@H](O)[C@@H](O)[C@H]6O)[C@]5(C)[C@H]4CC[C@]3(C)[C@H]1[C@@H]2C. The topological polar surface area (TPSA) is 177 Å². The molecule has 4 heterocycles. The third-order valence-corrected chi connectivity index (χ3v) is 15.6. The molecule has 0 aromatic rings. The van der Waals surface area contributed by atoms with Crippen molar-refractivity contribution in [3.05, 3.63) is 11.6 Å². The molecule has 4 aliphatic carbocycles. The average molecular weight is 723 g/mol. The van der Waals surface area contributed by atoms with Gasteiger partial charge in [-0.3, -0.25) is 0 Å². The fraction of sp³-hybridized carbons (Fsp3) is 0.949. The van der Waals surface area contributed by atoms with Crippen LogP contribution in [-0.2, 0) is 28.4 Å². The molecule has 0 unspecified atom stereocenters. The van der Waals surface area contributed by atoms with Gasteiger partial charge in [-0.2, -0.15) is 0 Å². The Hall–Kier alpha value is -0.740. The first-order valence-corrected chi connectivity index (χ1v) is 19.8. The Morgan fingerprint density at radius 3 is 2.18 bits per heavy atom. The minimum Gasteiger partial charge on any atom is -0.393 e. The molecule has 0 aromatic heterocycles. The van der Waals surface area contributed by atoms with Crippen LogP contribution < -0.4 is 0 Å². The smallest absolute Gasteiger partial charge is 0.187 e. The summed E-state index contributed by atoms with van der Waals surface area (Å²) in [5, 5.41) is 64.8. The summed E-state index contributed by atoms with van der Waals surface area (Å²) in [5.74, 6) is 2.06. The Morgan fingerprint density at radius 1 is 0.765 bits per heavy atom. The highest BCUT2D eigenvalue weighted by molar-refractivity contribution is 5.29. The number of aliphatic hydroxyl groups is 6. The number of rotatable bonds is 4. The summed E-state index contributed by atoms with van der Waals surface area (Å²) in [5.41, 5.74) is 0.900. The standard InChI is InChI=1S/C39H62O12/c1-17-9-12-39(46-16-17)18(2)28-26(51-39)15-25-23-8-7-21-13-22(40)14-27(38(21,6)24(23)10-11-37(25,28)5)49-36-34(32(44)30(42)20(4)48-36)50-35-33(45)31(43)29(41)19(3)47-35/h7,17-20,22-36,40-45H,8-16H2,1-6H3/t17-,18+,19+,20-,22+,23-,24+,25+,26+,27-,28+,29+,30+,31-,32+,33-,34-,35+,36+,37+,38+,39-/m1/s1. The number of fused-ring (bicyclic) bond motifs is 7. The highest BCUT2D eigenvalue weighted by Crippen LogP contribution is 2.71. The van der Waals surface area contributed by atoms with Crippen molar-refractivity contribution in [1.82, 2.24) is 0 Å². The minimum absolute atomic E-state index is 0.130. The van der Waals surface area contributed by atoms with Crippen molar-refractivity contribution in [2.45, 2.75) is 178 Å². The molecule has 8 rings (SSSR count). The summed E-state index contributed by atoms with van der Waals surface area (Å²) in [6.07, 6.45) is -4.22. The van der Waals surface area contributed by atoms with Crippen LogP contribution in [0.2, 0.25) is 0 Å². The molecule has 1 spiro atoms. The van der Waals surface area contributed by atoms with Gasteiger partial charge >= 0.3 is 0 Å². The molecular formula is C39H62O12. The van der Waals surface area contributed by atoms with Crippen molar-refractivity contribution in [3.8, 4) is 0 Å². The zero-order valence-electron chi connectivity index (χ0n) is 31.0. The first-order chi connectivity index (χ1) is 24.1. The van der Waals surface area contributed by atoms with E-state index in [-0.39, 0.29) is 11.5 Å². The van der Waals surface area contributed by atoms with Crippen molar-refractivity contribution >= 4 is 0 Å². The Kier molecular flexibility index (Phi) is 9.62. The third-order valence-electron chi connectivity index (χ3n) is 15.6. The molecule has 8 aliphatic rings. The molecule has 51 heavy (non-hydrogen) atoms. The Labute approximate surface area is 301 Å². The van der Waals surface area contributed by atoms with Gasteiger partial charge in [0.25, 0.3) is 0 Å². The first kappa shape index (κ1) is 37.2. The molecule has 0 bridgehead atoms. The van der Waals surface area contributed by atoms with Crippen LogP contribution in [0.3, 0.4) is 0 Å². The van der Waals surface area contributed by atoms with E-state index in [9.17, 15) is 30.6 Å². The molecular weight excluding hydrogens is 660 g/mol. The molecule has 12 nitrogen and oxygen atoms in total. The van der Waals surface area contributed by atoms with Gasteiger partial charge in [-0.25, -0.2) is 0 Å². The van der Waals surface area contributed by atoms with Gasteiger partial charge in [0.15, 0.2) is 18.4 Å². The van der Waals surface area contributed by atoms with Crippen molar-refractivity contribution in [2.24, 2.45) is 46.3 Å². The first-order valence-electron chi connectivity index (χ1n) is 19.8. The van der Waals surface area contributed by atoms with Gasteiger partial charge in [0.2, 0.25) is 0 Å². The largest absolute Gasteiger partial charge is 0.393 e. The van der Waals surface area contributed by atoms with E-state index in [1.165, 1.54) is 5.57 Å². The number of hydrogen-bond acceptors (Lipinski definition) is 12. The zero-order chi connectivity index (χ0) is 36.4. The van der Waals surface area contributed by atoms with Gasteiger partial charge in [0.1, 0.15) is 36.6 Å². The van der Waals surface area contributed by atoms with Gasteiger partial charge in [0, 0.05) is 24.2 Å². The maximum absolute atomic E-state index is 11.3. The van der Waals surface area contributed by atoms with E-state index in [0.29, 0.717) is 48.3 Å². The quantitative estimate of drug-likeness (QED) is 0.234. The van der Waals surface area contributed by atoms with E-state index in [1.807, 2.05) is 0 Å². The summed E-state index contributed by atoms with van der Waals surface area (Å²) in [6.45, 7) is 13.4. The van der Waals surface area contributed by atoms with Crippen molar-refractivity contribution in [3.63, 3.8) is 0 Å². The van der Waals surface area contributed by atoms with E-state index < -0.39 is 84.8 Å². The predicted octanol–water partition coefficient (Wildman–Crippen LogP) is 2.39. The number of hydrogen-bond donors (Lipinski definition) is 6. The molecule has 3 saturated carbocycles. The maximum Gasteiger partial charge on any atom is 0.187 e. The molecule has 4 saturated heterocycles. The monoisotopic (exact) mass is 722 g/mol. The Morgan fingerprint density at radius 2 is 1.47 bits per heavy atom. The van der Waals surface area contributed by atoms with E-state index in [1.54, 1.807) is 13.8 Å². The number of aliphatic hydroxyl groups excluding tert-OH is 6. The lowest BCUT2D eigenvalue weighted by Crippen LogP contribution is -2.64. The molecule has 4 aliphatic heterocycles. The lowest BCUT2D eigenvalue weighted by atomic mass is 9.46. The summed E-state index contributed by atoms with van der Waals surface area (Å²) in [7, 11) is 0. The van der Waals surface area contributed by atoms with Crippen molar-refractivity contribution in [1.29, 1.82) is 0 Å². The van der Waals surface area contributed by atoms with Gasteiger partial charge < -0.3 is 59.1 Å². The summed E-state index contributed by atoms with van der Waals surface area (Å²) < 4.78 is 38.4. The molecule has 12 heteroatoms. The summed E-state index contributed by atoms with van der Waals surface area (Å²) in [6, 6.07) is 0. The summed E-state index contributed by atoms with van der Waals surface area (Å²) >= 11 is 0. The third kappa shape index (κ3) is 5.67.